The van der Waals surface area contributed by atoms with Crippen molar-refractivity contribution in [2.45, 2.75) is 30.3 Å². The zero-order valence-corrected chi connectivity index (χ0v) is 20.0. The van der Waals surface area contributed by atoms with Crippen molar-refractivity contribution in [3.63, 3.8) is 0 Å². The summed E-state index contributed by atoms with van der Waals surface area (Å²) in [6.45, 7) is 2.38. The number of nitriles is 1. The van der Waals surface area contributed by atoms with Gasteiger partial charge >= 0.3 is 15.5 Å². The molecule has 0 amide bonds. The third-order valence-corrected chi connectivity index (χ3v) is 8.23. The molecule has 0 radical (unpaired) electrons. The molecule has 2 saturated heterocycles. The second kappa shape index (κ2) is 9.02. The van der Waals surface area contributed by atoms with Crippen molar-refractivity contribution in [1.29, 1.82) is 5.26 Å². The largest absolute Gasteiger partial charge is 0.511 e. The predicted octanol–water partition coefficient (Wildman–Crippen LogP) is 2.10. The van der Waals surface area contributed by atoms with Crippen molar-refractivity contribution >= 4 is 26.9 Å². The molecular formula is C21H24F3N9O2S. The summed E-state index contributed by atoms with van der Waals surface area (Å²) in [6.07, 6.45) is 6.82. The Morgan fingerprint density at radius 2 is 1.97 bits per heavy atom. The van der Waals surface area contributed by atoms with E-state index in [9.17, 15) is 26.9 Å². The summed E-state index contributed by atoms with van der Waals surface area (Å²) < 4.78 is 64.7. The van der Waals surface area contributed by atoms with Gasteiger partial charge in [-0.2, -0.15) is 27.8 Å². The third-order valence-electron chi connectivity index (χ3n) is 6.71. The highest BCUT2D eigenvalue weighted by atomic mass is 32.2. The number of sulfonamides is 1. The smallest absolute Gasteiger partial charge is 0.367 e. The number of halogens is 3. The van der Waals surface area contributed by atoms with Gasteiger partial charge in [0.1, 0.15) is 17.5 Å². The number of nitrogens with zero attached hydrogens (tertiary/aromatic N) is 7. The summed E-state index contributed by atoms with van der Waals surface area (Å²) in [7, 11) is -5.50. The quantitative estimate of drug-likeness (QED) is 0.458. The van der Waals surface area contributed by atoms with Crippen LogP contribution in [0.1, 0.15) is 19.3 Å². The molecule has 0 unspecified atom stereocenters. The highest BCUT2D eigenvalue weighted by molar-refractivity contribution is 7.90. The van der Waals surface area contributed by atoms with Crippen LogP contribution in [0.15, 0.2) is 24.8 Å². The van der Waals surface area contributed by atoms with Crippen molar-refractivity contribution < 1.29 is 21.6 Å². The maximum atomic E-state index is 13.1. The molecule has 0 bridgehead atoms. The monoisotopic (exact) mass is 523 g/mol. The van der Waals surface area contributed by atoms with Crippen LogP contribution in [0, 0.1) is 11.3 Å². The van der Waals surface area contributed by atoms with Crippen LogP contribution in [-0.2, 0) is 15.6 Å². The minimum atomic E-state index is -5.50. The summed E-state index contributed by atoms with van der Waals surface area (Å²) in [5.41, 5.74) is -4.90. The van der Waals surface area contributed by atoms with Gasteiger partial charge in [-0.25, -0.2) is 18.4 Å². The van der Waals surface area contributed by atoms with E-state index in [2.05, 4.69) is 30.3 Å². The van der Waals surface area contributed by atoms with Crippen molar-refractivity contribution in [3.8, 4) is 17.3 Å². The molecule has 2 aliphatic rings. The Kier molecular flexibility index (Phi) is 6.13. The Bertz CT molecular complexity index is 1400. The second-order valence-corrected chi connectivity index (χ2v) is 11.0. The van der Waals surface area contributed by atoms with Crippen LogP contribution < -0.4 is 5.32 Å². The predicted molar refractivity (Wildman–Crippen MR) is 124 cm³/mol. The second-order valence-electron chi connectivity index (χ2n) is 9.05. The zero-order chi connectivity index (χ0) is 25.6. The van der Waals surface area contributed by atoms with Crippen LogP contribution in [0.5, 0.6) is 0 Å². The van der Waals surface area contributed by atoms with Crippen LogP contribution in [0.3, 0.4) is 0 Å². The number of rotatable bonds is 8. The number of anilines is 1. The average molecular weight is 524 g/mol. The van der Waals surface area contributed by atoms with Gasteiger partial charge in [0, 0.05) is 44.0 Å². The maximum Gasteiger partial charge on any atom is 0.511 e. The molecule has 2 aliphatic heterocycles. The molecule has 2 N–H and O–H groups in total. The van der Waals surface area contributed by atoms with E-state index in [1.165, 1.54) is 11.0 Å². The van der Waals surface area contributed by atoms with E-state index in [0.29, 0.717) is 33.6 Å². The molecule has 0 aromatic carbocycles. The van der Waals surface area contributed by atoms with Gasteiger partial charge in [0.2, 0.25) is 0 Å². The molecule has 192 valence electrons. The number of H-pyrrole nitrogens is 1. The summed E-state index contributed by atoms with van der Waals surface area (Å²) >= 11 is 0. The lowest BCUT2D eigenvalue weighted by Gasteiger charge is -2.47. The number of hydrogen-bond acceptors (Lipinski definition) is 8. The van der Waals surface area contributed by atoms with Gasteiger partial charge in [0.05, 0.1) is 23.7 Å². The molecule has 3 aromatic heterocycles. The van der Waals surface area contributed by atoms with Gasteiger partial charge < -0.3 is 15.2 Å². The van der Waals surface area contributed by atoms with Gasteiger partial charge in [-0.1, -0.05) is 0 Å². The lowest BCUT2D eigenvalue weighted by atomic mass is 9.89. The number of nitrogens with one attached hydrogen (secondary N) is 2. The summed E-state index contributed by atoms with van der Waals surface area (Å²) in [4.78, 5) is 14.0. The molecule has 36 heavy (non-hydrogen) atoms. The Balaban J connectivity index is 1.49. The normalized spacial score (nSPS) is 18.8. The number of aromatic amines is 1. The first kappa shape index (κ1) is 24.5. The molecule has 15 heteroatoms. The number of fused-ring (bicyclic) bond motifs is 1. The number of likely N-dealkylation sites (tertiary alicyclic amines) is 1. The van der Waals surface area contributed by atoms with E-state index in [4.69, 9.17) is 0 Å². The van der Waals surface area contributed by atoms with Crippen LogP contribution >= 0.6 is 0 Å². The minimum Gasteiger partial charge on any atom is -0.367 e. The SMILES string of the molecule is N#CCC1(n2cc(-c3ncnc4[nH]ccc34)c(NCCN3CCCC3)n2)CN(S(=O)(=O)C(F)(F)F)C1. The number of aromatic nitrogens is 5. The van der Waals surface area contributed by atoms with E-state index in [0.717, 1.165) is 37.9 Å². The molecule has 0 spiro atoms. The number of hydrogen-bond donors (Lipinski definition) is 2. The molecule has 11 nitrogen and oxygen atoms in total. The van der Waals surface area contributed by atoms with Crippen LogP contribution in [0.2, 0.25) is 0 Å². The Morgan fingerprint density at radius 1 is 1.22 bits per heavy atom. The summed E-state index contributed by atoms with van der Waals surface area (Å²) in [5, 5.41) is 18.0. The van der Waals surface area contributed by atoms with Gasteiger partial charge in [-0.3, -0.25) is 4.68 Å². The van der Waals surface area contributed by atoms with E-state index in [-0.39, 0.29) is 6.42 Å². The fraction of sp³-hybridized carbons (Fsp3) is 0.524. The first-order chi connectivity index (χ1) is 17.1. The topological polar surface area (TPSA) is 136 Å². The third kappa shape index (κ3) is 4.18. The van der Waals surface area contributed by atoms with Crippen molar-refractivity contribution in [2.75, 3.05) is 44.6 Å². The van der Waals surface area contributed by atoms with Crippen molar-refractivity contribution in [1.82, 2.24) is 33.9 Å². The molecule has 5 rings (SSSR count). The van der Waals surface area contributed by atoms with Crippen molar-refractivity contribution in [3.05, 3.63) is 24.8 Å². The highest BCUT2D eigenvalue weighted by Crippen LogP contribution is 2.41. The summed E-state index contributed by atoms with van der Waals surface area (Å²) in [6, 6.07) is 3.78. The Labute approximate surface area is 205 Å². The lowest BCUT2D eigenvalue weighted by molar-refractivity contribution is -0.0565. The zero-order valence-electron chi connectivity index (χ0n) is 19.2. The molecule has 2 fully saturated rings. The van der Waals surface area contributed by atoms with Crippen LogP contribution in [0.4, 0.5) is 19.0 Å². The molecule has 0 saturated carbocycles. The molecular weight excluding hydrogens is 499 g/mol. The Morgan fingerprint density at radius 3 is 2.67 bits per heavy atom. The molecule has 5 heterocycles. The van der Waals surface area contributed by atoms with Crippen LogP contribution in [0.25, 0.3) is 22.3 Å². The number of alkyl halides is 3. The van der Waals surface area contributed by atoms with Gasteiger partial charge in [0.25, 0.3) is 0 Å². The fourth-order valence-corrected chi connectivity index (χ4v) is 5.87. The standard InChI is InChI=1S/C21H24F3N9O2S/c22-21(23,24)36(34,35)32-12-20(13-32,4-5-25)33-11-16(17-15-3-6-26-18(15)29-14-28-17)19(30-33)27-7-10-31-8-1-2-9-31/h3,6,11,14H,1-2,4,7-10,12-13H2,(H,27,30)(H,26,28,29). The first-order valence-corrected chi connectivity index (χ1v) is 12.9. The van der Waals surface area contributed by atoms with Gasteiger partial charge in [0.15, 0.2) is 5.82 Å². The van der Waals surface area contributed by atoms with E-state index < -0.39 is 34.2 Å². The average Bonchev–Trinajstić information content (AvgIpc) is 3.55. The minimum absolute atomic E-state index is 0.214. The molecule has 0 atom stereocenters. The fourth-order valence-electron chi connectivity index (χ4n) is 4.76. The highest BCUT2D eigenvalue weighted by Gasteiger charge is 2.59. The van der Waals surface area contributed by atoms with Gasteiger partial charge in [-0.15, -0.1) is 0 Å². The Hall–Kier alpha value is -3.22. The molecule has 3 aromatic rings. The summed E-state index contributed by atoms with van der Waals surface area (Å²) in [5.74, 6) is 0.449. The van der Waals surface area contributed by atoms with E-state index >= 15 is 0 Å². The van der Waals surface area contributed by atoms with E-state index in [1.807, 2.05) is 12.1 Å². The van der Waals surface area contributed by atoms with E-state index in [1.54, 1.807) is 12.4 Å². The van der Waals surface area contributed by atoms with Gasteiger partial charge in [-0.05, 0) is 32.0 Å². The first-order valence-electron chi connectivity index (χ1n) is 11.4. The maximum absolute atomic E-state index is 13.1. The van der Waals surface area contributed by atoms with Crippen molar-refractivity contribution in [2.24, 2.45) is 0 Å². The molecule has 0 aliphatic carbocycles. The van der Waals surface area contributed by atoms with Crippen LogP contribution in [-0.4, -0.2) is 87.1 Å². The lowest BCUT2D eigenvalue weighted by Crippen LogP contribution is -2.65.